The molecule has 180 valence electrons. The number of alkyl halides is 3. The second-order valence-corrected chi connectivity index (χ2v) is 9.24. The number of nitrogens with zero attached hydrogens (tertiary/aromatic N) is 1. The lowest BCUT2D eigenvalue weighted by Gasteiger charge is -2.43. The maximum absolute atomic E-state index is 13.1. The molecule has 0 radical (unpaired) electrons. The molecule has 1 fully saturated rings. The summed E-state index contributed by atoms with van der Waals surface area (Å²) in [5.41, 5.74) is 1.24. The second kappa shape index (κ2) is 10.9. The van der Waals surface area contributed by atoms with E-state index >= 15 is 0 Å². The molecular weight excluding hydrogens is 486 g/mol. The summed E-state index contributed by atoms with van der Waals surface area (Å²) in [6, 6.07) is 9.38. The van der Waals surface area contributed by atoms with Gasteiger partial charge in [0.2, 0.25) is 0 Å². The van der Waals surface area contributed by atoms with Crippen LogP contribution in [0, 0.1) is 17.8 Å². The van der Waals surface area contributed by atoms with Gasteiger partial charge in [0, 0.05) is 24.6 Å². The third-order valence-corrected chi connectivity index (χ3v) is 6.70. The minimum atomic E-state index is -4.44. The van der Waals surface area contributed by atoms with Crippen LogP contribution < -0.4 is 0 Å². The van der Waals surface area contributed by atoms with Gasteiger partial charge in [-0.2, -0.15) is 13.2 Å². The number of rotatable bonds is 5. The zero-order chi connectivity index (χ0) is 25.0. The van der Waals surface area contributed by atoms with Crippen LogP contribution in [0.3, 0.4) is 0 Å². The molecule has 1 aliphatic heterocycles. The Labute approximate surface area is 207 Å². The van der Waals surface area contributed by atoms with Crippen molar-refractivity contribution in [1.82, 2.24) is 4.90 Å². The molecule has 0 unspecified atom stereocenters. The number of hydrogen-bond donors (Lipinski definition) is 1. The van der Waals surface area contributed by atoms with Crippen molar-refractivity contribution in [2.24, 2.45) is 5.92 Å². The Morgan fingerprint density at radius 1 is 1.24 bits per heavy atom. The standard InChI is InChI=1S/C26H24Cl2F3NO2/c1-16(2)6-11-22(20-4-3-5-21(27)25(20)28)32-13-12-17(15-24(33)34)14-23(32)18-7-9-19(10-8-18)26(29,30)31/h3-5,7-10,17,22-23H,1,12-15H2,2H3,(H,33,34)/t17-,22+,23+/m0/s1. The number of carbonyl (C=O) groups is 1. The maximum atomic E-state index is 13.1. The van der Waals surface area contributed by atoms with E-state index in [4.69, 9.17) is 23.2 Å². The molecule has 8 heteroatoms. The minimum Gasteiger partial charge on any atom is -0.481 e. The molecule has 0 aliphatic carbocycles. The Bertz CT molecular complexity index is 1120. The number of carboxylic acids is 1. The zero-order valence-electron chi connectivity index (χ0n) is 18.5. The average molecular weight is 510 g/mol. The van der Waals surface area contributed by atoms with Gasteiger partial charge in [-0.3, -0.25) is 9.69 Å². The van der Waals surface area contributed by atoms with Crippen LogP contribution >= 0.6 is 23.2 Å². The molecule has 3 atom stereocenters. The van der Waals surface area contributed by atoms with E-state index in [0.29, 0.717) is 46.1 Å². The highest BCUT2D eigenvalue weighted by atomic mass is 35.5. The first-order valence-electron chi connectivity index (χ1n) is 10.7. The van der Waals surface area contributed by atoms with Crippen molar-refractivity contribution in [2.75, 3.05) is 6.54 Å². The van der Waals surface area contributed by atoms with Gasteiger partial charge in [-0.25, -0.2) is 0 Å². The first kappa shape index (κ1) is 26.2. The number of aliphatic carboxylic acids is 1. The minimum absolute atomic E-state index is 0.00892. The van der Waals surface area contributed by atoms with Crippen molar-refractivity contribution in [3.8, 4) is 11.8 Å². The van der Waals surface area contributed by atoms with Crippen molar-refractivity contribution in [2.45, 2.75) is 44.4 Å². The van der Waals surface area contributed by atoms with Crippen LogP contribution in [0.15, 0.2) is 54.6 Å². The summed E-state index contributed by atoms with van der Waals surface area (Å²) in [6.45, 7) is 6.10. The van der Waals surface area contributed by atoms with E-state index < -0.39 is 23.8 Å². The number of likely N-dealkylation sites (tertiary alicyclic amines) is 1. The fourth-order valence-corrected chi connectivity index (χ4v) is 4.69. The van der Waals surface area contributed by atoms with E-state index in [-0.39, 0.29) is 18.4 Å². The summed E-state index contributed by atoms with van der Waals surface area (Å²) < 4.78 is 39.4. The molecule has 1 N–H and O–H groups in total. The molecule has 0 amide bonds. The van der Waals surface area contributed by atoms with Crippen molar-refractivity contribution in [3.05, 3.63) is 81.4 Å². The van der Waals surface area contributed by atoms with Crippen molar-refractivity contribution >= 4 is 29.2 Å². The van der Waals surface area contributed by atoms with Crippen LogP contribution in [0.5, 0.6) is 0 Å². The van der Waals surface area contributed by atoms with Crippen LogP contribution in [-0.4, -0.2) is 22.5 Å². The van der Waals surface area contributed by atoms with Gasteiger partial charge < -0.3 is 5.11 Å². The topological polar surface area (TPSA) is 40.5 Å². The van der Waals surface area contributed by atoms with Crippen molar-refractivity contribution < 1.29 is 23.1 Å². The molecule has 3 rings (SSSR count). The van der Waals surface area contributed by atoms with Gasteiger partial charge in [0.15, 0.2) is 0 Å². The number of carboxylic acid groups (broad SMARTS) is 1. The number of hydrogen-bond acceptors (Lipinski definition) is 2. The summed E-state index contributed by atoms with van der Waals surface area (Å²) in [5.74, 6) is 5.18. The predicted molar refractivity (Wildman–Crippen MR) is 128 cm³/mol. The molecule has 0 aromatic heterocycles. The lowest BCUT2D eigenvalue weighted by atomic mass is 9.83. The van der Waals surface area contributed by atoms with E-state index in [9.17, 15) is 23.1 Å². The monoisotopic (exact) mass is 509 g/mol. The highest BCUT2D eigenvalue weighted by Gasteiger charge is 2.36. The van der Waals surface area contributed by atoms with Gasteiger partial charge in [-0.15, -0.1) is 0 Å². The Hall–Kier alpha value is -2.46. The first-order valence-corrected chi connectivity index (χ1v) is 11.5. The lowest BCUT2D eigenvalue weighted by Crippen LogP contribution is -2.39. The van der Waals surface area contributed by atoms with Crippen LogP contribution in [0.1, 0.15) is 55.0 Å². The lowest BCUT2D eigenvalue weighted by molar-refractivity contribution is -0.139. The normalized spacial score (nSPS) is 19.7. The summed E-state index contributed by atoms with van der Waals surface area (Å²) in [5, 5.41) is 10.0. The Morgan fingerprint density at radius 3 is 2.50 bits per heavy atom. The van der Waals surface area contributed by atoms with Gasteiger partial charge in [0.1, 0.15) is 0 Å². The summed E-state index contributed by atoms with van der Waals surface area (Å²) in [6.07, 6.45) is -3.39. The van der Waals surface area contributed by atoms with E-state index in [1.54, 1.807) is 19.1 Å². The van der Waals surface area contributed by atoms with Gasteiger partial charge in [-0.1, -0.05) is 65.9 Å². The predicted octanol–water partition coefficient (Wildman–Crippen LogP) is 7.56. The van der Waals surface area contributed by atoms with Crippen LogP contribution in [-0.2, 0) is 11.0 Å². The molecule has 0 spiro atoms. The smallest absolute Gasteiger partial charge is 0.416 e. The fourth-order valence-electron chi connectivity index (χ4n) is 4.28. The van der Waals surface area contributed by atoms with Gasteiger partial charge in [0.05, 0.1) is 21.7 Å². The van der Waals surface area contributed by atoms with Crippen LogP contribution in [0.4, 0.5) is 13.2 Å². The molecule has 1 saturated heterocycles. The summed E-state index contributed by atoms with van der Waals surface area (Å²) >= 11 is 12.8. The van der Waals surface area contributed by atoms with Crippen LogP contribution in [0.2, 0.25) is 10.0 Å². The SMILES string of the molecule is C=C(C)C#C[C@H](c1cccc(Cl)c1Cl)N1CC[C@H](CC(=O)O)C[C@@H]1c1ccc(C(F)(F)F)cc1. The first-order chi connectivity index (χ1) is 16.0. The molecule has 3 nitrogen and oxygen atoms in total. The summed E-state index contributed by atoms with van der Waals surface area (Å²) in [7, 11) is 0. The zero-order valence-corrected chi connectivity index (χ0v) is 20.0. The highest BCUT2D eigenvalue weighted by molar-refractivity contribution is 6.42. The second-order valence-electron chi connectivity index (χ2n) is 8.46. The molecule has 0 bridgehead atoms. The van der Waals surface area contributed by atoms with E-state index in [0.717, 1.165) is 12.1 Å². The van der Waals surface area contributed by atoms with Crippen molar-refractivity contribution in [1.29, 1.82) is 0 Å². The number of halogens is 5. The summed E-state index contributed by atoms with van der Waals surface area (Å²) in [4.78, 5) is 13.4. The molecule has 1 aliphatic rings. The highest BCUT2D eigenvalue weighted by Crippen LogP contribution is 2.43. The quantitative estimate of drug-likeness (QED) is 0.422. The number of benzene rings is 2. The number of piperidine rings is 1. The third kappa shape index (κ3) is 6.35. The fraction of sp³-hybridized carbons (Fsp3) is 0.346. The van der Waals surface area contributed by atoms with E-state index in [1.807, 2.05) is 6.07 Å². The molecule has 2 aromatic rings. The van der Waals surface area contributed by atoms with Crippen molar-refractivity contribution in [3.63, 3.8) is 0 Å². The van der Waals surface area contributed by atoms with Crippen LogP contribution in [0.25, 0.3) is 0 Å². The molecule has 1 heterocycles. The molecule has 0 saturated carbocycles. The van der Waals surface area contributed by atoms with E-state index in [2.05, 4.69) is 23.3 Å². The molecule has 2 aromatic carbocycles. The molecular formula is C26H24Cl2F3NO2. The Kier molecular flexibility index (Phi) is 8.35. The molecule has 34 heavy (non-hydrogen) atoms. The average Bonchev–Trinajstić information content (AvgIpc) is 2.76. The Morgan fingerprint density at radius 2 is 1.91 bits per heavy atom. The van der Waals surface area contributed by atoms with Gasteiger partial charge >= 0.3 is 12.1 Å². The van der Waals surface area contributed by atoms with Gasteiger partial charge in [-0.05, 0) is 55.0 Å². The maximum Gasteiger partial charge on any atom is 0.416 e. The number of allylic oxidation sites excluding steroid dienone is 1. The Balaban J connectivity index is 2.08. The third-order valence-electron chi connectivity index (χ3n) is 5.87. The van der Waals surface area contributed by atoms with Gasteiger partial charge in [0.25, 0.3) is 0 Å². The largest absolute Gasteiger partial charge is 0.481 e. The van der Waals surface area contributed by atoms with E-state index in [1.165, 1.54) is 12.1 Å².